The summed E-state index contributed by atoms with van der Waals surface area (Å²) in [5.41, 5.74) is 7.47. The van der Waals surface area contributed by atoms with Crippen LogP contribution in [0.1, 0.15) is 44.9 Å². The third kappa shape index (κ3) is 4.14. The van der Waals surface area contributed by atoms with Gasteiger partial charge in [0.15, 0.2) is 5.78 Å². The Hall–Kier alpha value is -2.57. The Morgan fingerprint density at radius 1 is 1.00 bits per heavy atom. The Balaban J connectivity index is 1.40. The Bertz CT molecular complexity index is 1280. The van der Waals surface area contributed by atoms with Crippen LogP contribution >= 0.6 is 23.1 Å². The lowest BCUT2D eigenvalue weighted by Gasteiger charge is -2.16. The molecule has 6 heteroatoms. The first-order valence-corrected chi connectivity index (χ1v) is 12.4. The molecule has 0 N–H and O–H groups in total. The molecule has 2 aromatic carbocycles. The third-order valence-electron chi connectivity index (χ3n) is 5.73. The van der Waals surface area contributed by atoms with Crippen molar-refractivity contribution in [3.05, 3.63) is 69.7 Å². The third-order valence-corrected chi connectivity index (χ3v) is 7.66. The van der Waals surface area contributed by atoms with E-state index in [2.05, 4.69) is 53.5 Å². The van der Waals surface area contributed by atoms with Gasteiger partial charge in [-0.25, -0.2) is 4.98 Å². The molecule has 31 heavy (non-hydrogen) atoms. The van der Waals surface area contributed by atoms with E-state index in [9.17, 15) is 4.79 Å². The lowest BCUT2D eigenvalue weighted by atomic mass is 9.90. The first-order chi connectivity index (χ1) is 15.1. The summed E-state index contributed by atoms with van der Waals surface area (Å²) in [7, 11) is 0. The van der Waals surface area contributed by atoms with Gasteiger partial charge < -0.3 is 0 Å². The number of benzene rings is 2. The number of carbonyl (C=O) groups is 1. The second-order valence-corrected chi connectivity index (χ2v) is 10.2. The van der Waals surface area contributed by atoms with Crippen molar-refractivity contribution in [2.24, 2.45) is 0 Å². The van der Waals surface area contributed by atoms with Crippen LogP contribution in [-0.4, -0.2) is 26.7 Å². The molecular formula is C25H23N3OS2. The monoisotopic (exact) mass is 445 g/mol. The van der Waals surface area contributed by atoms with Crippen LogP contribution in [0.5, 0.6) is 0 Å². The fourth-order valence-electron chi connectivity index (χ4n) is 4.04. The first kappa shape index (κ1) is 20.3. The highest BCUT2D eigenvalue weighted by molar-refractivity contribution is 8.00. The number of thioether (sulfide) groups is 1. The van der Waals surface area contributed by atoms with Crippen molar-refractivity contribution >= 4 is 39.1 Å². The van der Waals surface area contributed by atoms with Crippen LogP contribution in [0.2, 0.25) is 0 Å². The average molecular weight is 446 g/mol. The lowest BCUT2D eigenvalue weighted by molar-refractivity contribution is 0.102. The molecule has 5 rings (SSSR count). The molecule has 0 spiro atoms. The largest absolute Gasteiger partial charge is 0.293 e. The zero-order valence-electron chi connectivity index (χ0n) is 17.6. The number of hydrogen-bond acceptors (Lipinski definition) is 6. The van der Waals surface area contributed by atoms with Gasteiger partial charge in [-0.15, -0.1) is 21.5 Å². The van der Waals surface area contributed by atoms with Crippen molar-refractivity contribution in [3.63, 3.8) is 0 Å². The van der Waals surface area contributed by atoms with Crippen molar-refractivity contribution in [3.8, 4) is 11.3 Å². The number of thiazole rings is 1. The number of Topliss-reactive ketones (excluding diaryl/α,β-unsaturated/α-hetero) is 1. The molecule has 2 aromatic heterocycles. The highest BCUT2D eigenvalue weighted by Gasteiger charge is 2.18. The van der Waals surface area contributed by atoms with E-state index >= 15 is 0 Å². The molecule has 0 amide bonds. The van der Waals surface area contributed by atoms with E-state index in [1.54, 1.807) is 11.3 Å². The van der Waals surface area contributed by atoms with Gasteiger partial charge in [0, 0.05) is 11.1 Å². The van der Waals surface area contributed by atoms with Gasteiger partial charge in [-0.2, -0.15) is 0 Å². The molecule has 2 heterocycles. The zero-order valence-corrected chi connectivity index (χ0v) is 19.3. The van der Waals surface area contributed by atoms with E-state index in [1.807, 2.05) is 13.0 Å². The van der Waals surface area contributed by atoms with Crippen molar-refractivity contribution in [1.29, 1.82) is 0 Å². The number of carbonyl (C=O) groups excluding carboxylic acids is 1. The van der Waals surface area contributed by atoms with E-state index in [1.165, 1.54) is 41.3 Å². The summed E-state index contributed by atoms with van der Waals surface area (Å²) in [6.45, 7) is 4.07. The smallest absolute Gasteiger partial charge is 0.173 e. The number of nitrogens with zero attached hydrogens (tertiary/aromatic N) is 3. The van der Waals surface area contributed by atoms with E-state index < -0.39 is 0 Å². The van der Waals surface area contributed by atoms with Crippen molar-refractivity contribution in [2.45, 2.75) is 44.6 Å². The zero-order chi connectivity index (χ0) is 21.4. The van der Waals surface area contributed by atoms with Crippen molar-refractivity contribution in [2.75, 3.05) is 5.75 Å². The summed E-state index contributed by atoms with van der Waals surface area (Å²) >= 11 is 3.06. The Labute approximate surface area is 190 Å². The minimum absolute atomic E-state index is 0.128. The maximum atomic E-state index is 12.9. The van der Waals surface area contributed by atoms with Crippen molar-refractivity contribution in [1.82, 2.24) is 15.2 Å². The Morgan fingerprint density at radius 3 is 2.58 bits per heavy atom. The van der Waals surface area contributed by atoms with Gasteiger partial charge in [0.25, 0.3) is 0 Å². The molecule has 0 unspecified atom stereocenters. The highest BCUT2D eigenvalue weighted by atomic mass is 32.2. The van der Waals surface area contributed by atoms with Crippen LogP contribution < -0.4 is 0 Å². The second-order valence-electron chi connectivity index (χ2n) is 8.03. The van der Waals surface area contributed by atoms with Crippen molar-refractivity contribution < 1.29 is 4.79 Å². The SMILES string of the molecule is Cc1ccc(-c2nnc(SCC(=O)c3ccc4c(c3)CCCC4)c3nc(C)sc23)cc1. The first-order valence-electron chi connectivity index (χ1n) is 10.6. The fourth-order valence-corrected chi connectivity index (χ4v) is 5.85. The predicted molar refractivity (Wildman–Crippen MR) is 128 cm³/mol. The van der Waals surface area contributed by atoms with Crippen LogP contribution in [0, 0.1) is 13.8 Å². The summed E-state index contributed by atoms with van der Waals surface area (Å²) in [5.74, 6) is 0.464. The van der Waals surface area contributed by atoms with Gasteiger partial charge in [-0.1, -0.05) is 53.7 Å². The fraction of sp³-hybridized carbons (Fsp3) is 0.280. The van der Waals surface area contributed by atoms with Gasteiger partial charge in [-0.05, 0) is 56.7 Å². The molecule has 4 nitrogen and oxygen atoms in total. The predicted octanol–water partition coefficient (Wildman–Crippen LogP) is 6.22. The summed E-state index contributed by atoms with van der Waals surface area (Å²) in [6.07, 6.45) is 4.66. The molecule has 4 aromatic rings. The second kappa shape index (κ2) is 8.52. The van der Waals surface area contributed by atoms with Gasteiger partial charge in [0.2, 0.25) is 0 Å². The van der Waals surface area contributed by atoms with E-state index in [-0.39, 0.29) is 5.78 Å². The minimum Gasteiger partial charge on any atom is -0.293 e. The summed E-state index contributed by atoms with van der Waals surface area (Å²) < 4.78 is 1.03. The Kier molecular flexibility index (Phi) is 5.59. The topological polar surface area (TPSA) is 55.7 Å². The molecule has 156 valence electrons. The summed E-state index contributed by atoms with van der Waals surface area (Å²) in [5, 5.41) is 10.7. The number of aromatic nitrogens is 3. The number of fused-ring (bicyclic) bond motifs is 2. The number of ketones is 1. The molecule has 1 aliphatic carbocycles. The molecule has 1 aliphatic rings. The van der Waals surface area contributed by atoms with Crippen LogP contribution in [0.3, 0.4) is 0 Å². The highest BCUT2D eigenvalue weighted by Crippen LogP contribution is 2.35. The molecule has 0 fully saturated rings. The number of rotatable bonds is 5. The molecular weight excluding hydrogens is 422 g/mol. The van der Waals surface area contributed by atoms with Gasteiger partial charge in [0.05, 0.1) is 15.5 Å². The summed E-state index contributed by atoms with van der Waals surface area (Å²) in [4.78, 5) is 17.6. The molecule has 0 saturated heterocycles. The molecule has 0 atom stereocenters. The number of aryl methyl sites for hydroxylation is 4. The van der Waals surface area contributed by atoms with Gasteiger partial charge in [-0.3, -0.25) is 4.79 Å². The maximum Gasteiger partial charge on any atom is 0.173 e. The standard InChI is InChI=1S/C25H23N3OS2/c1-15-7-9-18(10-8-15)22-24-23(26-16(2)31-24)25(28-27-22)30-14-21(29)20-12-11-17-5-3-4-6-19(17)13-20/h7-13H,3-6,14H2,1-2H3. The van der Waals surface area contributed by atoms with Crippen LogP contribution in [0.15, 0.2) is 47.5 Å². The average Bonchev–Trinajstić information content (AvgIpc) is 3.19. The van der Waals surface area contributed by atoms with Crippen LogP contribution in [-0.2, 0) is 12.8 Å². The number of hydrogen-bond donors (Lipinski definition) is 0. The lowest BCUT2D eigenvalue weighted by Crippen LogP contribution is -2.08. The van der Waals surface area contributed by atoms with Crippen LogP contribution in [0.25, 0.3) is 21.5 Å². The normalized spacial score (nSPS) is 13.4. The van der Waals surface area contributed by atoms with Crippen LogP contribution in [0.4, 0.5) is 0 Å². The quantitative estimate of drug-likeness (QED) is 0.269. The van der Waals surface area contributed by atoms with E-state index in [0.29, 0.717) is 5.75 Å². The van der Waals surface area contributed by atoms with E-state index in [0.717, 1.165) is 49.9 Å². The molecule has 0 bridgehead atoms. The van der Waals surface area contributed by atoms with Gasteiger partial charge in [0.1, 0.15) is 16.2 Å². The molecule has 0 radical (unpaired) electrons. The maximum absolute atomic E-state index is 12.9. The van der Waals surface area contributed by atoms with E-state index in [4.69, 9.17) is 4.98 Å². The minimum atomic E-state index is 0.128. The summed E-state index contributed by atoms with van der Waals surface area (Å²) in [6, 6.07) is 14.5. The Morgan fingerprint density at radius 2 is 1.77 bits per heavy atom. The molecule has 0 aliphatic heterocycles. The van der Waals surface area contributed by atoms with Gasteiger partial charge >= 0.3 is 0 Å². The molecule has 0 saturated carbocycles.